The van der Waals surface area contributed by atoms with Gasteiger partial charge in [-0.2, -0.15) is 0 Å². The van der Waals surface area contributed by atoms with Crippen molar-refractivity contribution < 1.29 is 8.42 Å². The first kappa shape index (κ1) is 18.8. The fourth-order valence-electron chi connectivity index (χ4n) is 2.04. The molecule has 0 saturated heterocycles. The summed E-state index contributed by atoms with van der Waals surface area (Å²) in [5.74, 6) is 0. The molecule has 0 unspecified atom stereocenters. The van der Waals surface area contributed by atoms with Crippen LogP contribution in [0.3, 0.4) is 0 Å². The Morgan fingerprint density at radius 3 is 1.43 bits per heavy atom. The Balaban J connectivity index is 0.000000277. The van der Waals surface area contributed by atoms with E-state index in [1.165, 1.54) is 6.26 Å². The van der Waals surface area contributed by atoms with E-state index in [9.17, 15) is 8.42 Å². The SMILES string of the molecule is CCc1cc(S(C)(=O)=O)cc(CC)c1N.Nc1ccc(N)cc1. The molecule has 0 fully saturated rings. The van der Waals surface area contributed by atoms with Crippen molar-refractivity contribution in [3.05, 3.63) is 47.5 Å². The molecule has 0 heterocycles. The summed E-state index contributed by atoms with van der Waals surface area (Å²) in [4.78, 5) is 0.366. The molecule has 2 rings (SSSR count). The number of rotatable bonds is 3. The summed E-state index contributed by atoms with van der Waals surface area (Å²) in [5.41, 5.74) is 20.7. The minimum absolute atomic E-state index is 0.366. The molecular weight excluding hydrogens is 310 g/mol. The van der Waals surface area contributed by atoms with Gasteiger partial charge in [-0.1, -0.05) is 13.8 Å². The lowest BCUT2D eigenvalue weighted by Gasteiger charge is -2.11. The Morgan fingerprint density at radius 1 is 0.826 bits per heavy atom. The molecule has 126 valence electrons. The molecule has 6 heteroatoms. The van der Waals surface area contributed by atoms with Crippen molar-refractivity contribution in [1.29, 1.82) is 0 Å². The standard InChI is InChI=1S/C11H17NO2S.C6H8N2/c1-4-8-6-10(15(3,13)14)7-9(5-2)11(8)12;7-5-1-2-6(8)4-3-5/h6-7H,4-5,12H2,1-3H3;1-4H,7-8H2. The van der Waals surface area contributed by atoms with E-state index >= 15 is 0 Å². The predicted molar refractivity (Wildman–Crippen MR) is 98.0 cm³/mol. The summed E-state index contributed by atoms with van der Waals surface area (Å²) in [6.45, 7) is 3.94. The van der Waals surface area contributed by atoms with Crippen molar-refractivity contribution in [2.75, 3.05) is 23.5 Å². The van der Waals surface area contributed by atoms with Gasteiger partial charge in [0.05, 0.1) is 4.90 Å². The summed E-state index contributed by atoms with van der Waals surface area (Å²) < 4.78 is 22.9. The molecule has 0 amide bonds. The van der Waals surface area contributed by atoms with Gasteiger partial charge in [-0.25, -0.2) is 8.42 Å². The molecule has 5 nitrogen and oxygen atoms in total. The zero-order valence-corrected chi connectivity index (χ0v) is 14.7. The Kier molecular flexibility index (Phi) is 6.45. The molecule has 0 spiro atoms. The molecule has 6 N–H and O–H groups in total. The fourth-order valence-corrected chi connectivity index (χ4v) is 2.75. The fraction of sp³-hybridized carbons (Fsp3) is 0.294. The number of nitrogen functional groups attached to an aromatic ring is 3. The van der Waals surface area contributed by atoms with E-state index < -0.39 is 9.84 Å². The number of anilines is 3. The van der Waals surface area contributed by atoms with Gasteiger partial charge in [0.15, 0.2) is 9.84 Å². The van der Waals surface area contributed by atoms with E-state index in [0.717, 1.165) is 41.0 Å². The van der Waals surface area contributed by atoms with Crippen molar-refractivity contribution in [2.45, 2.75) is 31.6 Å². The molecular formula is C17H25N3O2S. The van der Waals surface area contributed by atoms with Gasteiger partial charge in [0, 0.05) is 23.3 Å². The van der Waals surface area contributed by atoms with Gasteiger partial charge < -0.3 is 17.2 Å². The van der Waals surface area contributed by atoms with Gasteiger partial charge in [0.25, 0.3) is 0 Å². The molecule has 0 aliphatic heterocycles. The van der Waals surface area contributed by atoms with Crippen LogP contribution in [-0.4, -0.2) is 14.7 Å². The average Bonchev–Trinajstić information content (AvgIpc) is 2.50. The molecule has 2 aromatic rings. The smallest absolute Gasteiger partial charge is 0.175 e. The molecule has 0 bridgehead atoms. The van der Waals surface area contributed by atoms with Crippen LogP contribution in [0.5, 0.6) is 0 Å². The third-order valence-corrected chi connectivity index (χ3v) is 4.54. The summed E-state index contributed by atoms with van der Waals surface area (Å²) >= 11 is 0. The maximum absolute atomic E-state index is 11.4. The third-order valence-electron chi connectivity index (χ3n) is 3.45. The van der Waals surface area contributed by atoms with Gasteiger partial charge in [0.1, 0.15) is 0 Å². The Labute approximate surface area is 138 Å². The van der Waals surface area contributed by atoms with Crippen molar-refractivity contribution in [1.82, 2.24) is 0 Å². The van der Waals surface area contributed by atoms with E-state index in [0.29, 0.717) is 4.90 Å². The molecule has 0 aliphatic rings. The van der Waals surface area contributed by atoms with Crippen LogP contribution in [0.1, 0.15) is 25.0 Å². The Hall–Kier alpha value is -2.21. The first-order valence-electron chi connectivity index (χ1n) is 7.41. The van der Waals surface area contributed by atoms with Gasteiger partial charge in [-0.3, -0.25) is 0 Å². The first-order chi connectivity index (χ1) is 10.7. The Morgan fingerprint density at radius 2 is 1.17 bits per heavy atom. The molecule has 0 aliphatic carbocycles. The largest absolute Gasteiger partial charge is 0.399 e. The number of hydrogen-bond acceptors (Lipinski definition) is 5. The topological polar surface area (TPSA) is 112 Å². The van der Waals surface area contributed by atoms with Crippen LogP contribution >= 0.6 is 0 Å². The quantitative estimate of drug-likeness (QED) is 0.746. The van der Waals surface area contributed by atoms with Crippen LogP contribution in [0, 0.1) is 0 Å². The zero-order valence-electron chi connectivity index (χ0n) is 13.8. The lowest BCUT2D eigenvalue weighted by molar-refractivity contribution is 0.601. The number of hydrogen-bond donors (Lipinski definition) is 3. The van der Waals surface area contributed by atoms with Crippen molar-refractivity contribution in [3.8, 4) is 0 Å². The molecule has 2 aromatic carbocycles. The highest BCUT2D eigenvalue weighted by Crippen LogP contribution is 2.24. The van der Waals surface area contributed by atoms with Crippen LogP contribution in [0.15, 0.2) is 41.3 Å². The van der Waals surface area contributed by atoms with E-state index in [-0.39, 0.29) is 0 Å². The lowest BCUT2D eigenvalue weighted by Crippen LogP contribution is -2.04. The van der Waals surface area contributed by atoms with Crippen molar-refractivity contribution >= 4 is 26.9 Å². The minimum Gasteiger partial charge on any atom is -0.399 e. The van der Waals surface area contributed by atoms with Crippen LogP contribution in [-0.2, 0) is 22.7 Å². The second kappa shape index (κ2) is 7.87. The Bertz CT molecular complexity index is 708. The number of sulfone groups is 1. The van der Waals surface area contributed by atoms with Crippen LogP contribution in [0.4, 0.5) is 17.1 Å². The number of aryl methyl sites for hydroxylation is 2. The maximum atomic E-state index is 11.4. The first-order valence-corrected chi connectivity index (χ1v) is 9.30. The molecule has 0 atom stereocenters. The van der Waals surface area contributed by atoms with Gasteiger partial charge >= 0.3 is 0 Å². The molecule has 0 aromatic heterocycles. The van der Waals surface area contributed by atoms with Gasteiger partial charge in [-0.05, 0) is 60.4 Å². The van der Waals surface area contributed by atoms with Crippen LogP contribution in [0.2, 0.25) is 0 Å². The van der Waals surface area contributed by atoms with E-state index in [2.05, 4.69) is 0 Å². The lowest BCUT2D eigenvalue weighted by atomic mass is 10.0. The highest BCUT2D eigenvalue weighted by molar-refractivity contribution is 7.90. The predicted octanol–water partition coefficient (Wildman–Crippen LogP) is 2.65. The van der Waals surface area contributed by atoms with Crippen LogP contribution < -0.4 is 17.2 Å². The normalized spacial score (nSPS) is 10.7. The second-order valence-corrected chi connectivity index (χ2v) is 7.32. The minimum atomic E-state index is -3.14. The maximum Gasteiger partial charge on any atom is 0.175 e. The van der Waals surface area contributed by atoms with Crippen LogP contribution in [0.25, 0.3) is 0 Å². The summed E-state index contributed by atoms with van der Waals surface area (Å²) in [6.07, 6.45) is 2.72. The van der Waals surface area contributed by atoms with Gasteiger partial charge in [-0.15, -0.1) is 0 Å². The summed E-state index contributed by atoms with van der Waals surface area (Å²) in [6, 6.07) is 10.4. The van der Waals surface area contributed by atoms with E-state index in [4.69, 9.17) is 17.2 Å². The van der Waals surface area contributed by atoms with Gasteiger partial charge in [0.2, 0.25) is 0 Å². The van der Waals surface area contributed by atoms with Crippen molar-refractivity contribution in [3.63, 3.8) is 0 Å². The zero-order chi connectivity index (χ0) is 17.6. The average molecular weight is 335 g/mol. The molecule has 23 heavy (non-hydrogen) atoms. The number of nitrogens with two attached hydrogens (primary N) is 3. The number of benzene rings is 2. The second-order valence-electron chi connectivity index (χ2n) is 5.30. The monoisotopic (exact) mass is 335 g/mol. The van der Waals surface area contributed by atoms with E-state index in [1.54, 1.807) is 36.4 Å². The molecule has 0 radical (unpaired) electrons. The summed E-state index contributed by atoms with van der Waals surface area (Å²) in [7, 11) is -3.14. The highest BCUT2D eigenvalue weighted by atomic mass is 32.2. The summed E-state index contributed by atoms with van der Waals surface area (Å²) in [5, 5.41) is 0. The highest BCUT2D eigenvalue weighted by Gasteiger charge is 2.12. The molecule has 0 saturated carbocycles. The third kappa shape index (κ3) is 5.49. The van der Waals surface area contributed by atoms with Crippen molar-refractivity contribution in [2.24, 2.45) is 0 Å². The van der Waals surface area contributed by atoms with E-state index in [1.807, 2.05) is 13.8 Å².